The lowest BCUT2D eigenvalue weighted by Crippen LogP contribution is -2.36. The molecule has 0 spiro atoms. The molecule has 0 bridgehead atoms. The van der Waals surface area contributed by atoms with Gasteiger partial charge in [0.25, 0.3) is 0 Å². The number of Topliss-reactive ketones (excluding diaryl/α,β-unsaturated/α-hetero) is 1. The van der Waals surface area contributed by atoms with Crippen LogP contribution in [0.1, 0.15) is 26.3 Å². The maximum Gasteiger partial charge on any atom is 0.196 e. The monoisotopic (exact) mass is 247 g/mol. The number of benzene rings is 1. The first kappa shape index (κ1) is 14.2. The topological polar surface area (TPSA) is 44.7 Å². The molecule has 0 aromatic heterocycles. The van der Waals surface area contributed by atoms with E-state index in [4.69, 9.17) is 0 Å². The SMILES string of the molecule is CCN(CC)C(=NNc1ccc(C)cc1)C(C)=O. The van der Waals surface area contributed by atoms with E-state index in [2.05, 4.69) is 10.5 Å². The summed E-state index contributed by atoms with van der Waals surface area (Å²) in [5, 5.41) is 4.21. The highest BCUT2D eigenvalue weighted by Gasteiger charge is 2.12. The average Bonchev–Trinajstić information content (AvgIpc) is 2.36. The molecular weight excluding hydrogens is 226 g/mol. The van der Waals surface area contributed by atoms with Crippen LogP contribution in [0.5, 0.6) is 0 Å². The smallest absolute Gasteiger partial charge is 0.196 e. The molecule has 4 heteroatoms. The quantitative estimate of drug-likeness (QED) is 0.494. The van der Waals surface area contributed by atoms with Crippen molar-refractivity contribution in [3.05, 3.63) is 29.8 Å². The Hall–Kier alpha value is -1.84. The summed E-state index contributed by atoms with van der Waals surface area (Å²) in [4.78, 5) is 13.5. The van der Waals surface area contributed by atoms with Crippen LogP contribution in [0, 0.1) is 6.92 Å². The number of hydrogen-bond donors (Lipinski definition) is 1. The van der Waals surface area contributed by atoms with E-state index in [1.165, 1.54) is 12.5 Å². The maximum absolute atomic E-state index is 11.6. The van der Waals surface area contributed by atoms with Crippen molar-refractivity contribution < 1.29 is 4.79 Å². The molecule has 18 heavy (non-hydrogen) atoms. The zero-order valence-corrected chi connectivity index (χ0v) is 11.5. The number of carbonyl (C=O) groups excluding carboxylic acids is 1. The van der Waals surface area contributed by atoms with E-state index in [-0.39, 0.29) is 5.78 Å². The molecule has 0 saturated carbocycles. The van der Waals surface area contributed by atoms with Gasteiger partial charge in [0.05, 0.1) is 5.69 Å². The Labute approximate surface area is 109 Å². The molecule has 0 atom stereocenters. The normalized spacial score (nSPS) is 11.2. The number of hydrogen-bond acceptors (Lipinski definition) is 3. The number of likely N-dealkylation sites (N-methyl/N-ethyl adjacent to an activating group) is 1. The molecule has 0 aliphatic carbocycles. The first-order valence-corrected chi connectivity index (χ1v) is 6.24. The number of hydrazone groups is 1. The summed E-state index contributed by atoms with van der Waals surface area (Å²) in [6, 6.07) is 7.89. The van der Waals surface area contributed by atoms with Gasteiger partial charge in [-0.3, -0.25) is 10.2 Å². The summed E-state index contributed by atoms with van der Waals surface area (Å²) in [6.45, 7) is 9.12. The lowest BCUT2D eigenvalue weighted by Gasteiger charge is -2.20. The third-order valence-corrected chi connectivity index (χ3v) is 2.72. The average molecular weight is 247 g/mol. The van der Waals surface area contributed by atoms with Crippen molar-refractivity contribution in [2.24, 2.45) is 5.10 Å². The molecule has 0 aliphatic rings. The predicted octanol–water partition coefficient (Wildman–Crippen LogP) is 2.65. The van der Waals surface area contributed by atoms with Crippen molar-refractivity contribution in [1.82, 2.24) is 4.90 Å². The van der Waals surface area contributed by atoms with Gasteiger partial charge in [-0.2, -0.15) is 5.10 Å². The second-order valence-electron chi connectivity index (χ2n) is 4.14. The second-order valence-corrected chi connectivity index (χ2v) is 4.14. The van der Waals surface area contributed by atoms with Gasteiger partial charge in [0.15, 0.2) is 11.6 Å². The van der Waals surface area contributed by atoms with Crippen LogP contribution in [-0.4, -0.2) is 29.6 Å². The van der Waals surface area contributed by atoms with Gasteiger partial charge in [0, 0.05) is 20.0 Å². The Bertz CT molecular complexity index is 419. The Morgan fingerprint density at radius 3 is 2.22 bits per heavy atom. The van der Waals surface area contributed by atoms with Crippen molar-refractivity contribution in [2.75, 3.05) is 18.5 Å². The number of carbonyl (C=O) groups is 1. The summed E-state index contributed by atoms with van der Waals surface area (Å²) in [5.41, 5.74) is 5.00. The third-order valence-electron chi connectivity index (χ3n) is 2.72. The number of ketones is 1. The Morgan fingerprint density at radius 1 is 1.22 bits per heavy atom. The summed E-state index contributed by atoms with van der Waals surface area (Å²) >= 11 is 0. The van der Waals surface area contributed by atoms with Gasteiger partial charge in [0.2, 0.25) is 0 Å². The second kappa shape index (κ2) is 6.79. The predicted molar refractivity (Wildman–Crippen MR) is 75.8 cm³/mol. The number of nitrogens with one attached hydrogen (secondary N) is 1. The van der Waals surface area contributed by atoms with Crippen LogP contribution in [0.15, 0.2) is 29.4 Å². The highest BCUT2D eigenvalue weighted by Crippen LogP contribution is 2.08. The summed E-state index contributed by atoms with van der Waals surface area (Å²) < 4.78 is 0. The molecule has 1 aromatic rings. The van der Waals surface area contributed by atoms with Crippen LogP contribution in [0.3, 0.4) is 0 Å². The highest BCUT2D eigenvalue weighted by atomic mass is 16.1. The fourth-order valence-electron chi connectivity index (χ4n) is 1.64. The van der Waals surface area contributed by atoms with E-state index in [0.717, 1.165) is 18.8 Å². The molecule has 0 fully saturated rings. The van der Waals surface area contributed by atoms with Crippen LogP contribution in [0.25, 0.3) is 0 Å². The van der Waals surface area contributed by atoms with E-state index < -0.39 is 0 Å². The summed E-state index contributed by atoms with van der Waals surface area (Å²) in [6.07, 6.45) is 0. The molecule has 4 nitrogen and oxygen atoms in total. The van der Waals surface area contributed by atoms with E-state index >= 15 is 0 Å². The largest absolute Gasteiger partial charge is 0.353 e. The molecule has 98 valence electrons. The van der Waals surface area contributed by atoms with Crippen molar-refractivity contribution in [2.45, 2.75) is 27.7 Å². The molecule has 1 N–H and O–H groups in total. The highest BCUT2D eigenvalue weighted by molar-refractivity contribution is 6.37. The Balaban J connectivity index is 2.83. The van der Waals surface area contributed by atoms with Crippen LogP contribution in [0.4, 0.5) is 5.69 Å². The van der Waals surface area contributed by atoms with Gasteiger partial charge < -0.3 is 4.90 Å². The molecule has 1 aromatic carbocycles. The Morgan fingerprint density at radius 2 is 1.78 bits per heavy atom. The minimum atomic E-state index is -0.0293. The van der Waals surface area contributed by atoms with Crippen LogP contribution < -0.4 is 5.43 Å². The molecule has 0 radical (unpaired) electrons. The lowest BCUT2D eigenvalue weighted by atomic mass is 10.2. The molecular formula is C14H21N3O. The van der Waals surface area contributed by atoms with Gasteiger partial charge in [0.1, 0.15) is 0 Å². The molecule has 0 saturated heterocycles. The van der Waals surface area contributed by atoms with E-state index in [0.29, 0.717) is 5.84 Å². The fraction of sp³-hybridized carbons (Fsp3) is 0.429. The first-order chi connectivity index (χ1) is 8.58. The summed E-state index contributed by atoms with van der Waals surface area (Å²) in [5.74, 6) is 0.443. The van der Waals surface area contributed by atoms with Crippen LogP contribution in [0.2, 0.25) is 0 Å². The van der Waals surface area contributed by atoms with E-state index in [9.17, 15) is 4.79 Å². The van der Waals surface area contributed by atoms with Gasteiger partial charge in [-0.1, -0.05) is 17.7 Å². The molecule has 0 aliphatic heterocycles. The summed E-state index contributed by atoms with van der Waals surface area (Å²) in [7, 11) is 0. The molecule has 0 amide bonds. The lowest BCUT2D eigenvalue weighted by molar-refractivity contribution is -0.111. The zero-order chi connectivity index (χ0) is 13.5. The number of nitrogens with zero attached hydrogens (tertiary/aromatic N) is 2. The number of amidine groups is 1. The van der Waals surface area contributed by atoms with Gasteiger partial charge >= 0.3 is 0 Å². The van der Waals surface area contributed by atoms with Gasteiger partial charge in [-0.25, -0.2) is 0 Å². The number of rotatable bonds is 5. The minimum absolute atomic E-state index is 0.0293. The van der Waals surface area contributed by atoms with Crippen molar-refractivity contribution in [3.63, 3.8) is 0 Å². The molecule has 0 heterocycles. The first-order valence-electron chi connectivity index (χ1n) is 6.24. The molecule has 0 unspecified atom stereocenters. The standard InChI is InChI=1S/C14H21N3O/c1-5-17(6-2)14(12(4)18)16-15-13-9-7-11(3)8-10-13/h7-10,15H,5-6H2,1-4H3. The number of anilines is 1. The van der Waals surface area contributed by atoms with Crippen molar-refractivity contribution in [1.29, 1.82) is 0 Å². The minimum Gasteiger partial charge on any atom is -0.353 e. The van der Waals surface area contributed by atoms with Gasteiger partial charge in [-0.15, -0.1) is 0 Å². The van der Waals surface area contributed by atoms with E-state index in [1.807, 2.05) is 49.9 Å². The van der Waals surface area contributed by atoms with Crippen molar-refractivity contribution in [3.8, 4) is 0 Å². The zero-order valence-electron chi connectivity index (χ0n) is 11.5. The van der Waals surface area contributed by atoms with Crippen LogP contribution >= 0.6 is 0 Å². The Kier molecular flexibility index (Phi) is 5.36. The van der Waals surface area contributed by atoms with E-state index in [1.54, 1.807) is 0 Å². The fourth-order valence-corrected chi connectivity index (χ4v) is 1.64. The number of aryl methyl sites for hydroxylation is 1. The third kappa shape index (κ3) is 3.87. The maximum atomic E-state index is 11.6. The molecule has 1 rings (SSSR count). The van der Waals surface area contributed by atoms with Gasteiger partial charge in [-0.05, 0) is 32.9 Å². The van der Waals surface area contributed by atoms with Crippen LogP contribution in [-0.2, 0) is 4.79 Å². The van der Waals surface area contributed by atoms with Crippen molar-refractivity contribution >= 4 is 17.3 Å².